The number of carboxylic acid groups (broad SMARTS) is 1. The van der Waals surface area contributed by atoms with Crippen molar-refractivity contribution in [2.45, 2.75) is 91.6 Å². The molecule has 0 aliphatic heterocycles. The molecule has 0 aliphatic rings. The van der Waals surface area contributed by atoms with Gasteiger partial charge in [0, 0.05) is 0 Å². The highest BCUT2D eigenvalue weighted by Crippen LogP contribution is 2.10. The summed E-state index contributed by atoms with van der Waals surface area (Å²) in [5.41, 5.74) is 5.80. The molecule has 0 spiro atoms. The maximum Gasteiger partial charge on any atom is 0.326 e. The third kappa shape index (κ3) is 10.6. The van der Waals surface area contributed by atoms with E-state index in [2.05, 4.69) is 16.0 Å². The third-order valence-electron chi connectivity index (χ3n) is 4.75. The Bertz CT molecular complexity index is 621. The summed E-state index contributed by atoms with van der Waals surface area (Å²) in [4.78, 5) is 49.3. The van der Waals surface area contributed by atoms with Crippen LogP contribution in [-0.4, -0.2) is 64.2 Å². The Morgan fingerprint density at radius 3 is 1.58 bits per heavy atom. The maximum atomic E-state index is 12.8. The zero-order valence-corrected chi connectivity index (χ0v) is 19.6. The number of rotatable bonds is 13. The summed E-state index contributed by atoms with van der Waals surface area (Å²) < 4.78 is 0. The van der Waals surface area contributed by atoms with Gasteiger partial charge in [-0.2, -0.15) is 0 Å². The lowest BCUT2D eigenvalue weighted by Crippen LogP contribution is -2.60. The zero-order chi connectivity index (χ0) is 24.5. The molecule has 31 heavy (non-hydrogen) atoms. The second-order valence-electron chi connectivity index (χ2n) is 9.22. The number of aliphatic hydroxyl groups excluding tert-OH is 1. The van der Waals surface area contributed by atoms with Gasteiger partial charge in [0.25, 0.3) is 0 Å². The summed E-state index contributed by atoms with van der Waals surface area (Å²) in [7, 11) is 0. The zero-order valence-electron chi connectivity index (χ0n) is 19.6. The lowest BCUT2D eigenvalue weighted by Gasteiger charge is -2.27. The molecule has 10 nitrogen and oxygen atoms in total. The van der Waals surface area contributed by atoms with Crippen LogP contribution in [0.3, 0.4) is 0 Å². The van der Waals surface area contributed by atoms with Crippen LogP contribution in [0, 0.1) is 17.8 Å². The number of nitrogens with one attached hydrogen (secondary N) is 3. The number of hydrogen-bond acceptors (Lipinski definition) is 6. The molecule has 180 valence electrons. The van der Waals surface area contributed by atoms with Gasteiger partial charge < -0.3 is 31.9 Å². The molecule has 0 bridgehead atoms. The van der Waals surface area contributed by atoms with E-state index in [1.54, 1.807) is 13.8 Å². The summed E-state index contributed by atoms with van der Waals surface area (Å²) >= 11 is 0. The number of carbonyl (C=O) groups excluding carboxylic acids is 3. The molecule has 0 rings (SSSR count). The molecule has 5 unspecified atom stereocenters. The minimum absolute atomic E-state index is 0.0124. The monoisotopic (exact) mass is 444 g/mol. The molecule has 0 aliphatic carbocycles. The summed E-state index contributed by atoms with van der Waals surface area (Å²) in [6.45, 7) is 12.2. The number of aliphatic carboxylic acids is 1. The van der Waals surface area contributed by atoms with Crippen LogP contribution < -0.4 is 21.7 Å². The number of carboxylic acids is 1. The normalized spacial score (nSPS) is 16.4. The highest BCUT2D eigenvalue weighted by Gasteiger charge is 2.33. The first-order chi connectivity index (χ1) is 14.2. The van der Waals surface area contributed by atoms with Crippen molar-refractivity contribution in [1.82, 2.24) is 16.0 Å². The van der Waals surface area contributed by atoms with Gasteiger partial charge in [-0.25, -0.2) is 4.79 Å². The minimum Gasteiger partial charge on any atom is -0.480 e. The molecule has 3 amide bonds. The van der Waals surface area contributed by atoms with E-state index in [1.165, 1.54) is 6.92 Å². The lowest BCUT2D eigenvalue weighted by atomic mass is 9.99. The van der Waals surface area contributed by atoms with Gasteiger partial charge in [-0.3, -0.25) is 14.4 Å². The van der Waals surface area contributed by atoms with Crippen LogP contribution in [0.2, 0.25) is 0 Å². The smallest absolute Gasteiger partial charge is 0.326 e. The second-order valence-corrected chi connectivity index (χ2v) is 9.22. The van der Waals surface area contributed by atoms with Crippen molar-refractivity contribution < 1.29 is 29.4 Å². The molecular weight excluding hydrogens is 404 g/mol. The van der Waals surface area contributed by atoms with Crippen molar-refractivity contribution in [3.8, 4) is 0 Å². The van der Waals surface area contributed by atoms with Crippen molar-refractivity contribution in [3.63, 3.8) is 0 Å². The fourth-order valence-corrected chi connectivity index (χ4v) is 2.89. The highest BCUT2D eigenvalue weighted by molar-refractivity contribution is 5.94. The quantitative estimate of drug-likeness (QED) is 0.232. The van der Waals surface area contributed by atoms with Crippen LogP contribution in [0.4, 0.5) is 0 Å². The van der Waals surface area contributed by atoms with E-state index in [-0.39, 0.29) is 30.6 Å². The number of aliphatic hydroxyl groups is 1. The molecular formula is C21H40N4O6. The fraction of sp³-hybridized carbons (Fsp3) is 0.810. The van der Waals surface area contributed by atoms with Gasteiger partial charge >= 0.3 is 5.97 Å². The summed E-state index contributed by atoms with van der Waals surface area (Å²) in [5.74, 6) is -3.26. The first kappa shape index (κ1) is 28.8. The average Bonchev–Trinajstić information content (AvgIpc) is 2.62. The van der Waals surface area contributed by atoms with Gasteiger partial charge in [0.1, 0.15) is 18.1 Å². The number of amides is 3. The lowest BCUT2D eigenvalue weighted by molar-refractivity contribution is -0.143. The Morgan fingerprint density at radius 1 is 0.742 bits per heavy atom. The van der Waals surface area contributed by atoms with Crippen LogP contribution >= 0.6 is 0 Å². The van der Waals surface area contributed by atoms with E-state index in [9.17, 15) is 29.4 Å². The van der Waals surface area contributed by atoms with Gasteiger partial charge in [-0.1, -0.05) is 41.5 Å². The molecule has 5 atom stereocenters. The van der Waals surface area contributed by atoms with Crippen LogP contribution in [0.5, 0.6) is 0 Å². The molecule has 0 aromatic rings. The van der Waals surface area contributed by atoms with Gasteiger partial charge in [-0.05, 0) is 37.5 Å². The Morgan fingerprint density at radius 2 is 1.19 bits per heavy atom. The number of carbonyl (C=O) groups is 4. The van der Waals surface area contributed by atoms with Crippen molar-refractivity contribution in [3.05, 3.63) is 0 Å². The van der Waals surface area contributed by atoms with Gasteiger partial charge in [-0.15, -0.1) is 0 Å². The summed E-state index contributed by atoms with van der Waals surface area (Å²) in [6.07, 6.45) is -0.751. The van der Waals surface area contributed by atoms with E-state index in [4.69, 9.17) is 5.73 Å². The average molecular weight is 445 g/mol. The van der Waals surface area contributed by atoms with Gasteiger partial charge in [0.05, 0.1) is 12.1 Å². The van der Waals surface area contributed by atoms with E-state index >= 15 is 0 Å². The first-order valence-electron chi connectivity index (χ1n) is 10.7. The molecule has 0 heterocycles. The number of nitrogens with two attached hydrogens (primary N) is 1. The molecule has 0 saturated heterocycles. The van der Waals surface area contributed by atoms with E-state index in [0.717, 1.165) is 0 Å². The predicted molar refractivity (Wildman–Crippen MR) is 117 cm³/mol. The highest BCUT2D eigenvalue weighted by atomic mass is 16.4. The molecule has 10 heteroatoms. The molecule has 0 saturated carbocycles. The van der Waals surface area contributed by atoms with Crippen LogP contribution in [0.25, 0.3) is 0 Å². The summed E-state index contributed by atoms with van der Waals surface area (Å²) in [5, 5.41) is 26.8. The topological polar surface area (TPSA) is 171 Å². The number of hydrogen-bond donors (Lipinski definition) is 6. The van der Waals surface area contributed by atoms with Gasteiger partial charge in [0.15, 0.2) is 0 Å². The first-order valence-corrected chi connectivity index (χ1v) is 10.7. The van der Waals surface area contributed by atoms with E-state index < -0.39 is 54.0 Å². The van der Waals surface area contributed by atoms with Crippen molar-refractivity contribution in [2.24, 2.45) is 23.5 Å². The van der Waals surface area contributed by atoms with Crippen LogP contribution in [0.15, 0.2) is 0 Å². The Balaban J connectivity index is 5.45. The third-order valence-corrected chi connectivity index (χ3v) is 4.75. The standard InChI is InChI=1S/C21H40N4O6/c1-10(2)8-14(18(27)24-15(21(30)31)9-11(3)4)23-20(29)17(13(7)26)25-19(28)16(22)12(5)6/h10-17,26H,8-9,22H2,1-7H3,(H,23,29)(H,24,27)(H,25,28)(H,30,31). The van der Waals surface area contributed by atoms with Gasteiger partial charge in [0.2, 0.25) is 17.7 Å². The van der Waals surface area contributed by atoms with Crippen molar-refractivity contribution in [1.29, 1.82) is 0 Å². The van der Waals surface area contributed by atoms with Crippen molar-refractivity contribution >= 4 is 23.7 Å². The maximum absolute atomic E-state index is 12.8. The predicted octanol–water partition coefficient (Wildman–Crippen LogP) is -0.0183. The molecule has 0 radical (unpaired) electrons. The Hall–Kier alpha value is -2.20. The SMILES string of the molecule is CC(C)CC(NC(=O)C(CC(C)C)NC(=O)C(NC(=O)C(N)C(C)C)C(C)O)C(=O)O. The molecule has 0 aromatic carbocycles. The Kier molecular flexibility index (Phi) is 12.3. The summed E-state index contributed by atoms with van der Waals surface area (Å²) in [6, 6.07) is -4.30. The van der Waals surface area contributed by atoms with E-state index in [0.29, 0.717) is 0 Å². The van der Waals surface area contributed by atoms with Crippen LogP contribution in [0.1, 0.15) is 61.3 Å². The van der Waals surface area contributed by atoms with Crippen LogP contribution in [-0.2, 0) is 19.2 Å². The Labute approximate surface area is 184 Å². The largest absolute Gasteiger partial charge is 0.480 e. The molecule has 0 aromatic heterocycles. The van der Waals surface area contributed by atoms with Crippen molar-refractivity contribution in [2.75, 3.05) is 0 Å². The minimum atomic E-state index is -1.31. The van der Waals surface area contributed by atoms with E-state index in [1.807, 2.05) is 27.7 Å². The second kappa shape index (κ2) is 13.3. The molecule has 0 fully saturated rings. The fourth-order valence-electron chi connectivity index (χ4n) is 2.89. The molecule has 7 N–H and O–H groups in total.